The lowest BCUT2D eigenvalue weighted by molar-refractivity contribution is 0.373. The number of benzene rings is 1. The number of aryl methyl sites for hydroxylation is 2. The van der Waals surface area contributed by atoms with Crippen molar-refractivity contribution in [1.29, 1.82) is 0 Å². The second-order valence-electron chi connectivity index (χ2n) is 4.98. The molecule has 0 unspecified atom stereocenters. The van der Waals surface area contributed by atoms with E-state index in [9.17, 15) is 0 Å². The van der Waals surface area contributed by atoms with E-state index in [2.05, 4.69) is 19.9 Å². The van der Waals surface area contributed by atoms with Crippen LogP contribution in [0.3, 0.4) is 0 Å². The highest BCUT2D eigenvalue weighted by atomic mass is 31.2. The summed E-state index contributed by atoms with van der Waals surface area (Å²) in [6, 6.07) is 4.00. The van der Waals surface area contributed by atoms with Gasteiger partial charge in [0.15, 0.2) is 0 Å². The van der Waals surface area contributed by atoms with Gasteiger partial charge in [-0.25, -0.2) is 0 Å². The molecule has 0 aromatic heterocycles. The monoisotopic (exact) mass is 299 g/mol. The lowest BCUT2D eigenvalue weighted by Crippen LogP contribution is -2.05. The van der Waals surface area contributed by atoms with Gasteiger partial charge in [0.1, 0.15) is 5.75 Å². The third-order valence-electron chi connectivity index (χ3n) is 3.38. The van der Waals surface area contributed by atoms with Gasteiger partial charge in [0.05, 0.1) is 0 Å². The lowest BCUT2D eigenvalue weighted by atomic mass is 9.96. The summed E-state index contributed by atoms with van der Waals surface area (Å²) in [5.41, 5.74) is 9.13. The molecule has 0 aliphatic carbocycles. The number of hydrogen-bond donors (Lipinski definition) is 3. The van der Waals surface area contributed by atoms with E-state index in [-0.39, 0.29) is 0 Å². The van der Waals surface area contributed by atoms with Gasteiger partial charge < -0.3 is 20.0 Å². The van der Waals surface area contributed by atoms with Crippen LogP contribution in [0.2, 0.25) is 0 Å². The van der Waals surface area contributed by atoms with Crippen molar-refractivity contribution in [1.82, 2.24) is 0 Å². The molecule has 0 amide bonds. The molecule has 0 radical (unpaired) electrons. The molecule has 0 aliphatic heterocycles. The van der Waals surface area contributed by atoms with Crippen molar-refractivity contribution >= 4 is 8.60 Å². The first-order valence-electron chi connectivity index (χ1n) is 7.32. The van der Waals surface area contributed by atoms with Gasteiger partial charge in [-0.1, -0.05) is 32.8 Å². The highest BCUT2D eigenvalue weighted by Crippen LogP contribution is 2.34. The molecule has 1 rings (SSSR count). The molecule has 4 N–H and O–H groups in total. The van der Waals surface area contributed by atoms with Crippen LogP contribution in [-0.4, -0.2) is 9.79 Å². The van der Waals surface area contributed by atoms with Gasteiger partial charge in [0.2, 0.25) is 0 Å². The van der Waals surface area contributed by atoms with Crippen LogP contribution < -0.4 is 10.3 Å². The standard InChI is InChI=1S/C15H26NO3P/c1-3-5-7-12-9-13(8-6-4-2)15(19-20(17)18)10-14(12)11-16/h9-10,17-18H,3-8,11,16H2,1-2H3. The molecule has 0 aliphatic rings. The quantitative estimate of drug-likeness (QED) is 0.611. The Morgan fingerprint density at radius 2 is 1.60 bits per heavy atom. The Balaban J connectivity index is 3.06. The minimum absolute atomic E-state index is 0.443. The number of nitrogens with two attached hydrogens (primary N) is 1. The molecule has 0 fully saturated rings. The van der Waals surface area contributed by atoms with E-state index in [1.54, 1.807) is 0 Å². The Kier molecular flexibility index (Phi) is 8.08. The maximum atomic E-state index is 9.10. The van der Waals surface area contributed by atoms with Crippen LogP contribution in [0.1, 0.15) is 56.2 Å². The fraction of sp³-hybridized carbons (Fsp3) is 0.600. The van der Waals surface area contributed by atoms with Crippen molar-refractivity contribution in [2.24, 2.45) is 5.73 Å². The summed E-state index contributed by atoms with van der Waals surface area (Å²) < 4.78 is 5.16. The van der Waals surface area contributed by atoms with Gasteiger partial charge in [0.25, 0.3) is 0 Å². The lowest BCUT2D eigenvalue weighted by Gasteiger charge is -2.16. The topological polar surface area (TPSA) is 75.7 Å². The summed E-state index contributed by atoms with van der Waals surface area (Å²) in [5.74, 6) is 0.565. The van der Waals surface area contributed by atoms with E-state index in [1.807, 2.05) is 6.07 Å². The molecule has 0 saturated carbocycles. The predicted molar refractivity (Wildman–Crippen MR) is 83.5 cm³/mol. The van der Waals surface area contributed by atoms with Crippen molar-refractivity contribution in [2.75, 3.05) is 0 Å². The summed E-state index contributed by atoms with van der Waals surface area (Å²) >= 11 is 0. The second kappa shape index (κ2) is 9.30. The zero-order chi connectivity index (χ0) is 15.0. The van der Waals surface area contributed by atoms with Gasteiger partial charge >= 0.3 is 8.60 Å². The largest absolute Gasteiger partial charge is 0.427 e. The number of unbranched alkanes of at least 4 members (excludes halogenated alkanes) is 2. The molecule has 1 aromatic carbocycles. The SMILES string of the molecule is CCCCc1cc(CCCC)c(OP(O)O)cc1CN. The zero-order valence-electron chi connectivity index (χ0n) is 12.4. The first kappa shape index (κ1) is 17.4. The van der Waals surface area contributed by atoms with Crippen LogP contribution >= 0.6 is 8.60 Å². The average Bonchev–Trinajstić information content (AvgIpc) is 2.43. The summed E-state index contributed by atoms with van der Waals surface area (Å²) in [7, 11) is -2.39. The van der Waals surface area contributed by atoms with Crippen molar-refractivity contribution < 1.29 is 14.3 Å². The van der Waals surface area contributed by atoms with Gasteiger partial charge in [-0.2, -0.15) is 0 Å². The van der Waals surface area contributed by atoms with Gasteiger partial charge in [-0.15, -0.1) is 0 Å². The summed E-state index contributed by atoms with van der Waals surface area (Å²) in [5, 5.41) is 0. The van der Waals surface area contributed by atoms with E-state index >= 15 is 0 Å². The van der Waals surface area contributed by atoms with Gasteiger partial charge in [0, 0.05) is 6.54 Å². The molecule has 0 saturated heterocycles. The Bertz CT molecular complexity index is 410. The molecule has 114 valence electrons. The molecule has 4 nitrogen and oxygen atoms in total. The van der Waals surface area contributed by atoms with E-state index < -0.39 is 8.60 Å². The minimum Gasteiger partial charge on any atom is -0.427 e. The van der Waals surface area contributed by atoms with Crippen molar-refractivity contribution in [3.05, 3.63) is 28.8 Å². The maximum absolute atomic E-state index is 9.10. The summed E-state index contributed by atoms with van der Waals surface area (Å²) in [6.45, 7) is 4.75. The smallest absolute Gasteiger partial charge is 0.391 e. The molecular formula is C15H26NO3P. The second-order valence-corrected chi connectivity index (χ2v) is 5.67. The third-order valence-corrected chi connectivity index (χ3v) is 3.74. The Morgan fingerprint density at radius 3 is 2.10 bits per heavy atom. The first-order valence-corrected chi connectivity index (χ1v) is 8.49. The van der Waals surface area contributed by atoms with Crippen LogP contribution in [0.4, 0.5) is 0 Å². The van der Waals surface area contributed by atoms with Crippen molar-refractivity contribution in [3.8, 4) is 5.75 Å². The average molecular weight is 299 g/mol. The molecule has 1 aromatic rings. The van der Waals surface area contributed by atoms with Gasteiger partial charge in [-0.3, -0.25) is 0 Å². The Morgan fingerprint density at radius 1 is 1.00 bits per heavy atom. The van der Waals surface area contributed by atoms with Crippen LogP contribution in [0.15, 0.2) is 12.1 Å². The van der Waals surface area contributed by atoms with Crippen molar-refractivity contribution in [3.63, 3.8) is 0 Å². The van der Waals surface area contributed by atoms with Crippen LogP contribution in [0.25, 0.3) is 0 Å². The molecule has 0 atom stereocenters. The van der Waals surface area contributed by atoms with Gasteiger partial charge in [-0.05, 0) is 48.4 Å². The summed E-state index contributed by atoms with van der Waals surface area (Å²) in [4.78, 5) is 18.2. The molecule has 0 spiro atoms. The fourth-order valence-electron chi connectivity index (χ4n) is 2.24. The highest BCUT2D eigenvalue weighted by Gasteiger charge is 2.13. The van der Waals surface area contributed by atoms with Crippen molar-refractivity contribution in [2.45, 2.75) is 58.9 Å². The summed E-state index contributed by atoms with van der Waals surface area (Å²) in [6.07, 6.45) is 6.32. The van der Waals surface area contributed by atoms with Crippen LogP contribution in [0.5, 0.6) is 5.75 Å². The maximum Gasteiger partial charge on any atom is 0.391 e. The first-order chi connectivity index (χ1) is 9.62. The normalized spacial score (nSPS) is 11.1. The molecule has 5 heteroatoms. The van der Waals surface area contributed by atoms with E-state index in [0.29, 0.717) is 12.3 Å². The molecule has 0 heterocycles. The van der Waals surface area contributed by atoms with E-state index in [0.717, 1.165) is 49.7 Å². The number of rotatable bonds is 9. The zero-order valence-corrected chi connectivity index (χ0v) is 13.3. The van der Waals surface area contributed by atoms with Crippen LogP contribution in [0, 0.1) is 0 Å². The predicted octanol–water partition coefficient (Wildman–Crippen LogP) is 3.42. The highest BCUT2D eigenvalue weighted by molar-refractivity contribution is 7.39. The fourth-order valence-corrected chi connectivity index (χ4v) is 2.59. The number of hydrogen-bond acceptors (Lipinski definition) is 4. The minimum atomic E-state index is -2.39. The Hall–Kier alpha value is -0.670. The third kappa shape index (κ3) is 5.37. The van der Waals surface area contributed by atoms with E-state index in [4.69, 9.17) is 20.0 Å². The Labute approximate surface area is 123 Å². The van der Waals surface area contributed by atoms with Crippen LogP contribution in [-0.2, 0) is 19.4 Å². The van der Waals surface area contributed by atoms with E-state index in [1.165, 1.54) is 5.56 Å². The molecule has 0 bridgehead atoms. The molecular weight excluding hydrogens is 273 g/mol. The molecule has 20 heavy (non-hydrogen) atoms.